The van der Waals surface area contributed by atoms with Crippen LogP contribution in [0.25, 0.3) is 17.1 Å². The molecule has 0 atom stereocenters. The van der Waals surface area contributed by atoms with Crippen molar-refractivity contribution in [2.24, 2.45) is 0 Å². The number of rotatable bonds is 7. The Morgan fingerprint density at radius 3 is 2.64 bits per heavy atom. The number of furan rings is 1. The summed E-state index contributed by atoms with van der Waals surface area (Å²) in [7, 11) is 0. The Balaban J connectivity index is 1.49. The number of aromatic amines is 1. The predicted octanol–water partition coefficient (Wildman–Crippen LogP) is 2.58. The van der Waals surface area contributed by atoms with Gasteiger partial charge < -0.3 is 10.2 Å². The van der Waals surface area contributed by atoms with Crippen molar-refractivity contribution in [2.45, 2.75) is 31.0 Å². The van der Waals surface area contributed by atoms with Gasteiger partial charge in [-0.1, -0.05) is 30.0 Å². The highest BCUT2D eigenvalue weighted by Crippen LogP contribution is 2.35. The van der Waals surface area contributed by atoms with Crippen LogP contribution in [0.2, 0.25) is 0 Å². The second-order valence-electron chi connectivity index (χ2n) is 7.70. The van der Waals surface area contributed by atoms with Crippen LogP contribution in [0, 0.1) is 6.92 Å². The van der Waals surface area contributed by atoms with Gasteiger partial charge in [-0.05, 0) is 38.0 Å². The third-order valence-electron chi connectivity index (χ3n) is 5.45. The van der Waals surface area contributed by atoms with E-state index in [1.165, 1.54) is 4.57 Å². The third-order valence-corrected chi connectivity index (χ3v) is 6.38. The van der Waals surface area contributed by atoms with Crippen molar-refractivity contribution in [1.82, 2.24) is 24.3 Å². The molecule has 33 heavy (non-hydrogen) atoms. The van der Waals surface area contributed by atoms with Gasteiger partial charge in [0.2, 0.25) is 0 Å². The Morgan fingerprint density at radius 2 is 1.97 bits per heavy atom. The Bertz CT molecular complexity index is 1460. The summed E-state index contributed by atoms with van der Waals surface area (Å²) < 4.78 is 8.55. The molecule has 1 aromatic carbocycles. The number of para-hydroxylation sites is 1. The molecule has 0 spiro atoms. The van der Waals surface area contributed by atoms with Crippen molar-refractivity contribution in [3.05, 3.63) is 74.8 Å². The number of ketones is 1. The Kier molecular flexibility index (Phi) is 5.25. The van der Waals surface area contributed by atoms with Gasteiger partial charge in [-0.15, -0.1) is 10.2 Å². The lowest BCUT2D eigenvalue weighted by Crippen LogP contribution is -2.36. The Morgan fingerprint density at radius 1 is 1.21 bits per heavy atom. The van der Waals surface area contributed by atoms with Crippen LogP contribution in [0.15, 0.2) is 61.8 Å². The molecule has 1 fully saturated rings. The van der Waals surface area contributed by atoms with Gasteiger partial charge in [0.15, 0.2) is 16.8 Å². The molecule has 0 radical (unpaired) electrons. The van der Waals surface area contributed by atoms with Gasteiger partial charge in [0.25, 0.3) is 5.56 Å². The summed E-state index contributed by atoms with van der Waals surface area (Å²) in [4.78, 5) is 39.7. The first-order valence-electron chi connectivity index (χ1n) is 10.3. The van der Waals surface area contributed by atoms with Gasteiger partial charge in [-0.25, -0.2) is 4.79 Å². The van der Waals surface area contributed by atoms with Crippen molar-refractivity contribution in [3.63, 3.8) is 0 Å². The van der Waals surface area contributed by atoms with Gasteiger partial charge in [0.1, 0.15) is 17.1 Å². The Labute approximate surface area is 191 Å². The van der Waals surface area contributed by atoms with Crippen LogP contribution in [0.4, 0.5) is 5.82 Å². The van der Waals surface area contributed by atoms with Gasteiger partial charge >= 0.3 is 5.69 Å². The smallest absolute Gasteiger partial charge is 0.330 e. The van der Waals surface area contributed by atoms with Gasteiger partial charge in [0, 0.05) is 11.7 Å². The maximum Gasteiger partial charge on any atom is 0.330 e. The maximum absolute atomic E-state index is 13.0. The van der Waals surface area contributed by atoms with Gasteiger partial charge in [0.05, 0.1) is 17.6 Å². The van der Waals surface area contributed by atoms with Crippen LogP contribution in [0.3, 0.4) is 0 Å². The first-order valence-corrected chi connectivity index (χ1v) is 11.3. The van der Waals surface area contributed by atoms with E-state index in [1.54, 1.807) is 12.3 Å². The quantitative estimate of drug-likeness (QED) is 0.314. The third kappa shape index (κ3) is 3.80. The summed E-state index contributed by atoms with van der Waals surface area (Å²) in [6.45, 7) is 1.83. The minimum absolute atomic E-state index is 0.0736. The number of aryl methyl sites for hydroxylation is 1. The van der Waals surface area contributed by atoms with E-state index in [0.717, 1.165) is 35.9 Å². The van der Waals surface area contributed by atoms with Crippen molar-refractivity contribution in [1.29, 1.82) is 0 Å². The highest BCUT2D eigenvalue weighted by atomic mass is 32.2. The molecule has 3 heterocycles. The standard InChI is InChI=1S/C22H20N6O4S/c1-12-15(9-10-32-12)19-25-26-22(28(19)13-5-3-2-4-6-13)33-11-16(29)17-18(23)27(14-7-8-14)21(31)24-20(17)30/h2-6,9-10,14H,7-8,11,23H2,1H3,(H,24,30,31). The van der Waals surface area contributed by atoms with Gasteiger partial charge in [-0.2, -0.15) is 0 Å². The van der Waals surface area contributed by atoms with E-state index in [0.29, 0.717) is 16.7 Å². The highest BCUT2D eigenvalue weighted by molar-refractivity contribution is 7.99. The second kappa shape index (κ2) is 8.24. The molecule has 11 heteroatoms. The highest BCUT2D eigenvalue weighted by Gasteiger charge is 2.30. The van der Waals surface area contributed by atoms with E-state index >= 15 is 0 Å². The van der Waals surface area contributed by atoms with E-state index in [9.17, 15) is 14.4 Å². The number of nitrogens with one attached hydrogen (secondary N) is 1. The number of benzene rings is 1. The molecular weight excluding hydrogens is 444 g/mol. The molecule has 4 aromatic rings. The van der Waals surface area contributed by atoms with Crippen LogP contribution in [-0.4, -0.2) is 35.9 Å². The number of Topliss-reactive ketones (excluding diaryl/α,β-unsaturated/α-hetero) is 1. The van der Waals surface area contributed by atoms with Crippen molar-refractivity contribution in [2.75, 3.05) is 11.5 Å². The lowest BCUT2D eigenvalue weighted by molar-refractivity contribution is 0.102. The molecule has 1 saturated carbocycles. The molecule has 168 valence electrons. The molecule has 3 N–H and O–H groups in total. The van der Waals surface area contributed by atoms with Crippen molar-refractivity contribution in [3.8, 4) is 17.1 Å². The number of carbonyl (C=O) groups excluding carboxylic acids is 1. The molecule has 0 unspecified atom stereocenters. The zero-order valence-electron chi connectivity index (χ0n) is 17.6. The summed E-state index contributed by atoms with van der Waals surface area (Å²) >= 11 is 1.13. The van der Waals surface area contributed by atoms with Crippen LogP contribution in [0.1, 0.15) is 35.0 Å². The zero-order chi connectivity index (χ0) is 23.1. The molecule has 0 amide bonds. The molecule has 0 aliphatic heterocycles. The van der Waals surface area contributed by atoms with E-state index in [2.05, 4.69) is 15.2 Å². The van der Waals surface area contributed by atoms with Gasteiger partial charge in [-0.3, -0.25) is 23.7 Å². The number of nitrogens with zero attached hydrogens (tertiary/aromatic N) is 4. The molecule has 10 nitrogen and oxygen atoms in total. The molecule has 0 saturated heterocycles. The summed E-state index contributed by atoms with van der Waals surface area (Å²) in [5.74, 6) is 0.578. The molecule has 0 bridgehead atoms. The number of H-pyrrole nitrogens is 1. The molecule has 5 rings (SSSR count). The number of anilines is 1. The summed E-state index contributed by atoms with van der Waals surface area (Å²) in [6, 6.07) is 11.2. The number of carbonyl (C=O) groups is 1. The van der Waals surface area contributed by atoms with E-state index in [-0.39, 0.29) is 23.2 Å². The monoisotopic (exact) mass is 464 g/mol. The second-order valence-corrected chi connectivity index (χ2v) is 8.64. The first-order chi connectivity index (χ1) is 16.0. The summed E-state index contributed by atoms with van der Waals surface area (Å²) in [5, 5.41) is 9.07. The number of nitrogen functional groups attached to an aromatic ring is 1. The SMILES string of the molecule is Cc1occc1-c1nnc(SCC(=O)c2c(N)n(C3CC3)c(=O)[nH]c2=O)n1-c1ccccc1. The topological polar surface area (TPSA) is 142 Å². The normalized spacial score (nSPS) is 13.4. The van der Waals surface area contributed by atoms with Crippen molar-refractivity contribution < 1.29 is 9.21 Å². The van der Waals surface area contributed by atoms with E-state index in [4.69, 9.17) is 10.2 Å². The summed E-state index contributed by atoms with van der Waals surface area (Å²) in [6.07, 6.45) is 3.15. The number of hydrogen-bond acceptors (Lipinski definition) is 8. The fourth-order valence-electron chi connectivity index (χ4n) is 3.70. The van der Waals surface area contributed by atoms with Crippen LogP contribution >= 0.6 is 11.8 Å². The van der Waals surface area contributed by atoms with Crippen molar-refractivity contribution >= 4 is 23.4 Å². The fraction of sp³-hybridized carbons (Fsp3) is 0.227. The lowest BCUT2D eigenvalue weighted by Gasteiger charge is -2.12. The number of aromatic nitrogens is 5. The summed E-state index contributed by atoms with van der Waals surface area (Å²) in [5.41, 5.74) is 6.09. The Hall–Kier alpha value is -3.86. The van der Waals surface area contributed by atoms with Crippen LogP contribution in [0.5, 0.6) is 0 Å². The van der Waals surface area contributed by atoms with Crippen LogP contribution < -0.4 is 17.0 Å². The minimum Gasteiger partial charge on any atom is -0.469 e. The largest absolute Gasteiger partial charge is 0.469 e. The van der Waals surface area contributed by atoms with Crippen LogP contribution in [-0.2, 0) is 0 Å². The first kappa shape index (κ1) is 21.0. The van der Waals surface area contributed by atoms with E-state index < -0.39 is 17.0 Å². The zero-order valence-corrected chi connectivity index (χ0v) is 18.5. The molecular formula is C22H20N6O4S. The number of nitrogens with two attached hydrogens (primary N) is 1. The minimum atomic E-state index is -0.778. The average Bonchev–Trinajstić information content (AvgIpc) is 3.38. The number of thioether (sulfide) groups is 1. The predicted molar refractivity (Wildman–Crippen MR) is 123 cm³/mol. The maximum atomic E-state index is 13.0. The number of hydrogen-bond donors (Lipinski definition) is 2. The molecule has 1 aliphatic carbocycles. The van der Waals surface area contributed by atoms with E-state index in [1.807, 2.05) is 41.8 Å². The molecule has 1 aliphatic rings. The average molecular weight is 465 g/mol. The fourth-order valence-corrected chi connectivity index (χ4v) is 4.52. The lowest BCUT2D eigenvalue weighted by atomic mass is 10.2. The molecule has 3 aromatic heterocycles.